The van der Waals surface area contributed by atoms with Gasteiger partial charge in [-0.05, 0) is 43.1 Å². The molecule has 4 atom stereocenters. The van der Waals surface area contributed by atoms with E-state index >= 15 is 0 Å². The normalized spacial score (nSPS) is 22.3. The number of ether oxygens (including phenoxy) is 2. The van der Waals surface area contributed by atoms with Gasteiger partial charge in [-0.2, -0.15) is 0 Å². The third kappa shape index (κ3) is 7.77. The zero-order valence-corrected chi connectivity index (χ0v) is 19.1. The van der Waals surface area contributed by atoms with Crippen molar-refractivity contribution in [3.8, 4) is 0 Å². The van der Waals surface area contributed by atoms with E-state index in [0.717, 1.165) is 37.7 Å². The number of rotatable bonds is 12. The van der Waals surface area contributed by atoms with Crippen LogP contribution in [0.2, 0.25) is 0 Å². The molecule has 1 aromatic rings. The standard InChI is InChI=1S/C26H40O4/c1-4-6-8-14-21(12-5-2)18-30-26(28)24-20(3)13-11-17-23(24)25(27)29-19-22-15-9-7-10-16-22/h7,9-10,15-16,20-21,23-24H,4-6,8,11-14,17-19H2,1-3H3. The summed E-state index contributed by atoms with van der Waals surface area (Å²) in [5.41, 5.74) is 0.961. The van der Waals surface area contributed by atoms with Crippen LogP contribution < -0.4 is 0 Å². The molecule has 0 radical (unpaired) electrons. The summed E-state index contributed by atoms with van der Waals surface area (Å²) in [7, 11) is 0. The van der Waals surface area contributed by atoms with Crippen LogP contribution in [0.4, 0.5) is 0 Å². The molecule has 30 heavy (non-hydrogen) atoms. The highest BCUT2D eigenvalue weighted by Gasteiger charge is 2.42. The van der Waals surface area contributed by atoms with E-state index in [-0.39, 0.29) is 30.4 Å². The molecule has 2 rings (SSSR count). The van der Waals surface area contributed by atoms with Gasteiger partial charge in [0.2, 0.25) is 0 Å². The zero-order chi connectivity index (χ0) is 21.8. The molecule has 0 spiro atoms. The zero-order valence-electron chi connectivity index (χ0n) is 19.1. The van der Waals surface area contributed by atoms with E-state index in [2.05, 4.69) is 20.8 Å². The van der Waals surface area contributed by atoms with Gasteiger partial charge < -0.3 is 9.47 Å². The first-order valence-electron chi connectivity index (χ1n) is 11.9. The first-order chi connectivity index (χ1) is 14.6. The van der Waals surface area contributed by atoms with Crippen molar-refractivity contribution in [3.63, 3.8) is 0 Å². The molecule has 0 N–H and O–H groups in total. The van der Waals surface area contributed by atoms with Gasteiger partial charge in [0.1, 0.15) is 6.61 Å². The minimum atomic E-state index is -0.394. The average Bonchev–Trinajstić information content (AvgIpc) is 2.76. The van der Waals surface area contributed by atoms with Crippen LogP contribution in [0, 0.1) is 23.7 Å². The van der Waals surface area contributed by atoms with Crippen molar-refractivity contribution in [1.82, 2.24) is 0 Å². The molecule has 4 heteroatoms. The van der Waals surface area contributed by atoms with Crippen molar-refractivity contribution >= 4 is 11.9 Å². The van der Waals surface area contributed by atoms with Gasteiger partial charge in [0.25, 0.3) is 0 Å². The second-order valence-electron chi connectivity index (χ2n) is 8.91. The SMILES string of the molecule is CCCCCC(CCC)COC(=O)C1C(C)CCCC1C(=O)OCc1ccccc1. The van der Waals surface area contributed by atoms with E-state index in [4.69, 9.17) is 9.47 Å². The minimum Gasteiger partial charge on any atom is -0.465 e. The highest BCUT2D eigenvalue weighted by molar-refractivity contribution is 5.82. The number of hydrogen-bond acceptors (Lipinski definition) is 4. The van der Waals surface area contributed by atoms with Gasteiger partial charge >= 0.3 is 11.9 Å². The van der Waals surface area contributed by atoms with E-state index in [9.17, 15) is 9.59 Å². The Balaban J connectivity index is 1.93. The van der Waals surface area contributed by atoms with Gasteiger partial charge in [-0.25, -0.2) is 0 Å². The van der Waals surface area contributed by atoms with Crippen molar-refractivity contribution in [2.45, 2.75) is 85.2 Å². The van der Waals surface area contributed by atoms with E-state index in [1.807, 2.05) is 30.3 Å². The van der Waals surface area contributed by atoms with Crippen LogP contribution in [0.25, 0.3) is 0 Å². The summed E-state index contributed by atoms with van der Waals surface area (Å²) in [6.07, 6.45) is 9.51. The monoisotopic (exact) mass is 416 g/mol. The third-order valence-electron chi connectivity index (χ3n) is 6.39. The van der Waals surface area contributed by atoms with Crippen LogP contribution >= 0.6 is 0 Å². The molecule has 168 valence electrons. The Hall–Kier alpha value is -1.84. The molecule has 1 aliphatic rings. The fourth-order valence-electron chi connectivity index (χ4n) is 4.61. The molecule has 0 aromatic heterocycles. The lowest BCUT2D eigenvalue weighted by Gasteiger charge is -2.33. The molecule has 0 amide bonds. The smallest absolute Gasteiger partial charge is 0.310 e. The van der Waals surface area contributed by atoms with Crippen LogP contribution in [0.5, 0.6) is 0 Å². The first kappa shape index (κ1) is 24.4. The van der Waals surface area contributed by atoms with Crippen LogP contribution in [-0.2, 0) is 25.7 Å². The summed E-state index contributed by atoms with van der Waals surface area (Å²) in [6.45, 7) is 7.17. The molecular weight excluding hydrogens is 376 g/mol. The van der Waals surface area contributed by atoms with Crippen LogP contribution in [0.3, 0.4) is 0 Å². The Morgan fingerprint density at radius 3 is 2.43 bits per heavy atom. The second kappa shape index (κ2) is 13.5. The summed E-state index contributed by atoms with van der Waals surface area (Å²) in [5.74, 6) is -0.686. The lowest BCUT2D eigenvalue weighted by atomic mass is 9.72. The Labute approximate surface area is 182 Å². The van der Waals surface area contributed by atoms with Crippen LogP contribution in [0.15, 0.2) is 30.3 Å². The number of benzene rings is 1. The summed E-state index contributed by atoms with van der Waals surface area (Å²) < 4.78 is 11.4. The molecule has 4 nitrogen and oxygen atoms in total. The molecule has 1 aromatic carbocycles. The van der Waals surface area contributed by atoms with E-state index in [0.29, 0.717) is 18.9 Å². The summed E-state index contributed by atoms with van der Waals surface area (Å²) >= 11 is 0. The highest BCUT2D eigenvalue weighted by Crippen LogP contribution is 2.37. The van der Waals surface area contributed by atoms with Gasteiger partial charge in [0.05, 0.1) is 18.4 Å². The molecule has 1 aliphatic carbocycles. The third-order valence-corrected chi connectivity index (χ3v) is 6.39. The second-order valence-corrected chi connectivity index (χ2v) is 8.91. The van der Waals surface area contributed by atoms with Crippen molar-refractivity contribution in [2.75, 3.05) is 6.61 Å². The van der Waals surface area contributed by atoms with Crippen molar-refractivity contribution in [1.29, 1.82) is 0 Å². The molecule has 0 saturated heterocycles. The Bertz CT molecular complexity index is 627. The molecule has 1 saturated carbocycles. The Morgan fingerprint density at radius 1 is 0.967 bits per heavy atom. The summed E-state index contributed by atoms with van der Waals surface area (Å²) in [5, 5.41) is 0. The van der Waals surface area contributed by atoms with Crippen molar-refractivity contribution in [3.05, 3.63) is 35.9 Å². The molecule has 0 heterocycles. The van der Waals surface area contributed by atoms with Gasteiger partial charge in [-0.1, -0.05) is 83.2 Å². The number of carbonyl (C=O) groups excluding carboxylic acids is 2. The van der Waals surface area contributed by atoms with Gasteiger partial charge in [-0.15, -0.1) is 0 Å². The fraction of sp³-hybridized carbons (Fsp3) is 0.692. The quantitative estimate of drug-likeness (QED) is 0.295. The Morgan fingerprint density at radius 2 is 1.73 bits per heavy atom. The van der Waals surface area contributed by atoms with Gasteiger partial charge in [-0.3, -0.25) is 9.59 Å². The van der Waals surface area contributed by atoms with Crippen molar-refractivity contribution < 1.29 is 19.1 Å². The lowest BCUT2D eigenvalue weighted by molar-refractivity contribution is -0.167. The maximum atomic E-state index is 13.0. The van der Waals surface area contributed by atoms with E-state index in [1.165, 1.54) is 19.3 Å². The number of hydrogen-bond donors (Lipinski definition) is 0. The summed E-state index contributed by atoms with van der Waals surface area (Å²) in [4.78, 5) is 25.8. The molecule has 1 fully saturated rings. The fourth-order valence-corrected chi connectivity index (χ4v) is 4.61. The number of esters is 2. The molecular formula is C26H40O4. The Kier molecular flexibility index (Phi) is 11.0. The highest BCUT2D eigenvalue weighted by atomic mass is 16.5. The van der Waals surface area contributed by atoms with Crippen molar-refractivity contribution in [2.24, 2.45) is 23.7 Å². The molecule has 0 aliphatic heterocycles. The molecule has 4 unspecified atom stereocenters. The lowest BCUT2D eigenvalue weighted by Crippen LogP contribution is -2.40. The number of carbonyl (C=O) groups is 2. The van der Waals surface area contributed by atoms with E-state index < -0.39 is 5.92 Å². The van der Waals surface area contributed by atoms with Gasteiger partial charge in [0, 0.05) is 0 Å². The maximum Gasteiger partial charge on any atom is 0.310 e. The largest absolute Gasteiger partial charge is 0.465 e. The van der Waals surface area contributed by atoms with Crippen LogP contribution in [0.1, 0.15) is 84.1 Å². The van der Waals surface area contributed by atoms with E-state index in [1.54, 1.807) is 0 Å². The average molecular weight is 417 g/mol. The summed E-state index contributed by atoms with van der Waals surface area (Å²) in [6, 6.07) is 9.68. The van der Waals surface area contributed by atoms with Gasteiger partial charge in [0.15, 0.2) is 0 Å². The predicted octanol–water partition coefficient (Wildman–Crippen LogP) is 6.32. The maximum absolute atomic E-state index is 13.0. The number of unbranched alkanes of at least 4 members (excludes halogenated alkanes) is 2. The van der Waals surface area contributed by atoms with Crippen LogP contribution in [-0.4, -0.2) is 18.5 Å². The predicted molar refractivity (Wildman–Crippen MR) is 120 cm³/mol. The minimum absolute atomic E-state index is 0.144. The molecule has 0 bridgehead atoms. The topological polar surface area (TPSA) is 52.6 Å². The first-order valence-corrected chi connectivity index (χ1v) is 11.9.